The average molecular weight is 396 g/mol. The van der Waals surface area contributed by atoms with Crippen LogP contribution in [-0.2, 0) is 6.54 Å². The maximum absolute atomic E-state index is 12.8. The molecule has 1 aliphatic rings. The Labute approximate surface area is 175 Å². The molecule has 5 rings (SSSR count). The number of amides is 2. The summed E-state index contributed by atoms with van der Waals surface area (Å²) >= 11 is 0. The average Bonchev–Trinajstić information content (AvgIpc) is 2.80. The van der Waals surface area contributed by atoms with Crippen molar-refractivity contribution in [2.24, 2.45) is 0 Å². The largest absolute Gasteiger partial charge is 0.322 e. The summed E-state index contributed by atoms with van der Waals surface area (Å²) < 4.78 is 0. The smallest absolute Gasteiger partial charge is 0.321 e. The lowest BCUT2D eigenvalue weighted by Gasteiger charge is -2.34. The first-order chi connectivity index (χ1) is 14.8. The molecule has 1 aliphatic heterocycles. The number of rotatable bonds is 3. The van der Waals surface area contributed by atoms with Crippen LogP contribution in [0.1, 0.15) is 5.56 Å². The van der Waals surface area contributed by atoms with E-state index in [0.717, 1.165) is 54.7 Å². The van der Waals surface area contributed by atoms with Crippen LogP contribution in [-0.4, -0.2) is 47.0 Å². The minimum atomic E-state index is -0.0298. The number of nitrogens with zero attached hydrogens (tertiary/aromatic N) is 3. The first kappa shape index (κ1) is 18.6. The first-order valence-electron chi connectivity index (χ1n) is 10.4. The van der Waals surface area contributed by atoms with E-state index >= 15 is 0 Å². The number of carbonyl (C=O) groups is 1. The summed E-state index contributed by atoms with van der Waals surface area (Å²) in [5.41, 5.74) is 3.17. The zero-order valence-corrected chi connectivity index (χ0v) is 16.8. The van der Waals surface area contributed by atoms with Crippen molar-refractivity contribution in [3.63, 3.8) is 0 Å². The summed E-state index contributed by atoms with van der Waals surface area (Å²) in [5.74, 6) is 0. The SMILES string of the molecule is O=C(Nc1cccc2ccccc12)N1CCN(Cc2cccc3cccnc23)CC1. The standard InChI is InChI=1S/C25H24N4O/c30-25(27-23-12-4-7-19-6-1-2-11-22(19)23)29-16-14-28(15-17-29)18-21-9-3-8-20-10-5-13-26-24(20)21/h1-13H,14-18H2,(H,27,30). The van der Waals surface area contributed by atoms with Gasteiger partial charge >= 0.3 is 6.03 Å². The molecule has 0 aliphatic carbocycles. The van der Waals surface area contributed by atoms with Crippen molar-refractivity contribution in [3.8, 4) is 0 Å². The second kappa shape index (κ2) is 8.13. The van der Waals surface area contributed by atoms with Crippen LogP contribution >= 0.6 is 0 Å². The molecule has 0 spiro atoms. The van der Waals surface area contributed by atoms with Crippen LogP contribution in [0.5, 0.6) is 0 Å². The highest BCUT2D eigenvalue weighted by atomic mass is 16.2. The van der Waals surface area contributed by atoms with Crippen molar-refractivity contribution in [2.75, 3.05) is 31.5 Å². The summed E-state index contributed by atoms with van der Waals surface area (Å²) in [5, 5.41) is 6.47. The first-order valence-corrected chi connectivity index (χ1v) is 10.4. The van der Waals surface area contributed by atoms with Gasteiger partial charge in [-0.3, -0.25) is 9.88 Å². The third-order valence-electron chi connectivity index (χ3n) is 5.80. The molecular formula is C25H24N4O. The van der Waals surface area contributed by atoms with E-state index in [4.69, 9.17) is 0 Å². The lowest BCUT2D eigenvalue weighted by molar-refractivity contribution is 0.143. The maximum atomic E-state index is 12.8. The third-order valence-corrected chi connectivity index (χ3v) is 5.80. The van der Waals surface area contributed by atoms with Crippen LogP contribution in [0, 0.1) is 0 Å². The van der Waals surface area contributed by atoms with Crippen LogP contribution in [0.15, 0.2) is 79.0 Å². The van der Waals surface area contributed by atoms with Gasteiger partial charge in [0.2, 0.25) is 0 Å². The number of pyridine rings is 1. The number of fused-ring (bicyclic) bond motifs is 2. The van der Waals surface area contributed by atoms with E-state index in [9.17, 15) is 4.79 Å². The van der Waals surface area contributed by atoms with Gasteiger partial charge in [-0.2, -0.15) is 0 Å². The van der Waals surface area contributed by atoms with Crippen molar-refractivity contribution in [1.82, 2.24) is 14.8 Å². The van der Waals surface area contributed by atoms with E-state index in [1.807, 2.05) is 47.5 Å². The Morgan fingerprint density at radius 3 is 2.47 bits per heavy atom. The van der Waals surface area contributed by atoms with Gasteiger partial charge in [-0.25, -0.2) is 4.79 Å². The monoisotopic (exact) mass is 396 g/mol. The van der Waals surface area contributed by atoms with Gasteiger partial charge in [0.25, 0.3) is 0 Å². The third kappa shape index (κ3) is 3.72. The number of aromatic nitrogens is 1. The summed E-state index contributed by atoms with van der Waals surface area (Å²) in [6, 6.07) is 24.5. The van der Waals surface area contributed by atoms with Crippen LogP contribution in [0.2, 0.25) is 0 Å². The Morgan fingerprint density at radius 1 is 0.833 bits per heavy atom. The molecule has 150 valence electrons. The molecule has 0 unspecified atom stereocenters. The van der Waals surface area contributed by atoms with E-state index in [0.29, 0.717) is 0 Å². The number of nitrogens with one attached hydrogen (secondary N) is 1. The van der Waals surface area contributed by atoms with E-state index in [2.05, 4.69) is 51.6 Å². The molecule has 1 fully saturated rings. The van der Waals surface area contributed by atoms with Gasteiger partial charge in [0.05, 0.1) is 11.2 Å². The van der Waals surface area contributed by atoms with E-state index in [1.54, 1.807) is 0 Å². The molecule has 3 aromatic carbocycles. The Morgan fingerprint density at radius 2 is 1.57 bits per heavy atom. The molecular weight excluding hydrogens is 372 g/mol. The molecule has 4 aromatic rings. The highest BCUT2D eigenvalue weighted by molar-refractivity contribution is 6.01. The molecule has 5 heteroatoms. The Bertz CT molecular complexity index is 1190. The normalized spacial score (nSPS) is 14.9. The van der Waals surface area contributed by atoms with Crippen LogP contribution in [0.4, 0.5) is 10.5 Å². The van der Waals surface area contributed by atoms with Crippen LogP contribution in [0.3, 0.4) is 0 Å². The summed E-state index contributed by atoms with van der Waals surface area (Å²) in [7, 11) is 0. The Balaban J connectivity index is 1.23. The number of hydrogen-bond donors (Lipinski definition) is 1. The van der Waals surface area contributed by atoms with Crippen molar-refractivity contribution >= 4 is 33.4 Å². The number of benzene rings is 3. The van der Waals surface area contributed by atoms with Crippen molar-refractivity contribution in [1.29, 1.82) is 0 Å². The number of carbonyl (C=O) groups excluding carboxylic acids is 1. The minimum Gasteiger partial charge on any atom is -0.322 e. The molecule has 30 heavy (non-hydrogen) atoms. The molecule has 0 saturated carbocycles. The van der Waals surface area contributed by atoms with Crippen LogP contribution < -0.4 is 5.32 Å². The second-order valence-corrected chi connectivity index (χ2v) is 7.71. The van der Waals surface area contributed by atoms with Crippen molar-refractivity contribution < 1.29 is 4.79 Å². The molecule has 1 saturated heterocycles. The zero-order valence-electron chi connectivity index (χ0n) is 16.8. The van der Waals surface area contributed by atoms with Gasteiger partial charge in [-0.1, -0.05) is 60.7 Å². The maximum Gasteiger partial charge on any atom is 0.321 e. The molecule has 0 radical (unpaired) electrons. The number of piperazine rings is 1. The summed E-state index contributed by atoms with van der Waals surface area (Å²) in [6.45, 7) is 4.00. The Hall–Kier alpha value is -3.44. The second-order valence-electron chi connectivity index (χ2n) is 7.71. The molecule has 0 bridgehead atoms. The fourth-order valence-corrected chi connectivity index (χ4v) is 4.17. The summed E-state index contributed by atoms with van der Waals surface area (Å²) in [6.07, 6.45) is 1.85. The van der Waals surface area contributed by atoms with Gasteiger partial charge in [0, 0.05) is 49.7 Å². The number of hydrogen-bond acceptors (Lipinski definition) is 3. The fourth-order valence-electron chi connectivity index (χ4n) is 4.17. The van der Waals surface area contributed by atoms with Gasteiger partial charge in [-0.05, 0) is 23.1 Å². The van der Waals surface area contributed by atoms with Crippen molar-refractivity contribution in [3.05, 3.63) is 84.6 Å². The summed E-state index contributed by atoms with van der Waals surface area (Å²) in [4.78, 5) is 21.7. The lowest BCUT2D eigenvalue weighted by atomic mass is 10.1. The number of para-hydroxylation sites is 1. The van der Waals surface area contributed by atoms with E-state index in [1.165, 1.54) is 10.9 Å². The number of urea groups is 1. The molecule has 2 amide bonds. The van der Waals surface area contributed by atoms with E-state index < -0.39 is 0 Å². The van der Waals surface area contributed by atoms with Gasteiger partial charge in [0.1, 0.15) is 0 Å². The van der Waals surface area contributed by atoms with Crippen LogP contribution in [0.25, 0.3) is 21.7 Å². The van der Waals surface area contributed by atoms with Crippen molar-refractivity contribution in [2.45, 2.75) is 6.54 Å². The van der Waals surface area contributed by atoms with Gasteiger partial charge < -0.3 is 10.2 Å². The minimum absolute atomic E-state index is 0.0298. The molecule has 1 aromatic heterocycles. The zero-order chi connectivity index (χ0) is 20.3. The van der Waals surface area contributed by atoms with E-state index in [-0.39, 0.29) is 6.03 Å². The quantitative estimate of drug-likeness (QED) is 0.544. The lowest BCUT2D eigenvalue weighted by Crippen LogP contribution is -2.49. The molecule has 1 N–H and O–H groups in total. The molecule has 5 nitrogen and oxygen atoms in total. The fraction of sp³-hybridized carbons (Fsp3) is 0.200. The molecule has 2 heterocycles. The predicted octanol–water partition coefficient (Wildman–Crippen LogP) is 4.74. The highest BCUT2D eigenvalue weighted by Gasteiger charge is 2.22. The van der Waals surface area contributed by atoms with Gasteiger partial charge in [0.15, 0.2) is 0 Å². The highest BCUT2D eigenvalue weighted by Crippen LogP contribution is 2.24. The topological polar surface area (TPSA) is 48.5 Å². The van der Waals surface area contributed by atoms with Gasteiger partial charge in [-0.15, -0.1) is 0 Å². The molecule has 0 atom stereocenters. The predicted molar refractivity (Wildman–Crippen MR) is 122 cm³/mol. The Kier molecular flexibility index (Phi) is 5.03. The number of anilines is 1.